The molecular formula is C13H15N3O. The molecule has 1 aromatic heterocycles. The molecule has 1 heterocycles. The van der Waals surface area contributed by atoms with Gasteiger partial charge in [-0.05, 0) is 30.7 Å². The monoisotopic (exact) mass is 229 g/mol. The zero-order valence-corrected chi connectivity index (χ0v) is 10.2. The predicted octanol–water partition coefficient (Wildman–Crippen LogP) is 1.83. The topological polar surface area (TPSA) is 59.2 Å². The number of fused-ring (bicyclic) bond motifs is 1. The molecule has 0 aliphatic heterocycles. The van der Waals surface area contributed by atoms with Gasteiger partial charge in [0, 0.05) is 36.8 Å². The zero-order chi connectivity index (χ0) is 12.6. The van der Waals surface area contributed by atoms with E-state index in [9.17, 15) is 4.79 Å². The third kappa shape index (κ3) is 1.93. The number of anilines is 1. The summed E-state index contributed by atoms with van der Waals surface area (Å²) >= 11 is 0. The molecule has 2 aromatic rings. The quantitative estimate of drug-likeness (QED) is 0.759. The summed E-state index contributed by atoms with van der Waals surface area (Å²) in [5, 5.41) is 1.68. The van der Waals surface area contributed by atoms with Crippen molar-refractivity contribution in [2.75, 3.05) is 19.8 Å². The van der Waals surface area contributed by atoms with Gasteiger partial charge in [-0.3, -0.25) is 9.78 Å². The molecule has 0 atom stereocenters. The van der Waals surface area contributed by atoms with Gasteiger partial charge in [0.1, 0.15) is 5.69 Å². The Morgan fingerprint density at radius 2 is 2.00 bits per heavy atom. The Bertz CT molecular complexity index is 590. The molecule has 17 heavy (non-hydrogen) atoms. The fraction of sp³-hybridized carbons (Fsp3) is 0.231. The lowest BCUT2D eigenvalue weighted by atomic mass is 10.0. The summed E-state index contributed by atoms with van der Waals surface area (Å²) in [6.07, 6.45) is 1.62. The Labute approximate surface area is 100 Å². The lowest BCUT2D eigenvalue weighted by Gasteiger charge is -2.12. The van der Waals surface area contributed by atoms with E-state index in [1.165, 1.54) is 4.90 Å². The van der Waals surface area contributed by atoms with Gasteiger partial charge in [0.05, 0.1) is 0 Å². The average molecular weight is 229 g/mol. The number of aryl methyl sites for hydroxylation is 1. The van der Waals surface area contributed by atoms with Crippen LogP contribution in [0.3, 0.4) is 0 Å². The number of hydrogen-bond acceptors (Lipinski definition) is 3. The summed E-state index contributed by atoms with van der Waals surface area (Å²) in [7, 11) is 3.42. The molecule has 0 bridgehead atoms. The van der Waals surface area contributed by atoms with Crippen molar-refractivity contribution < 1.29 is 4.79 Å². The number of nitrogen functional groups attached to an aromatic ring is 1. The largest absolute Gasteiger partial charge is 0.398 e. The van der Waals surface area contributed by atoms with E-state index in [0.29, 0.717) is 11.4 Å². The van der Waals surface area contributed by atoms with E-state index in [4.69, 9.17) is 5.73 Å². The molecule has 0 unspecified atom stereocenters. The summed E-state index contributed by atoms with van der Waals surface area (Å²) in [4.78, 5) is 17.7. The van der Waals surface area contributed by atoms with Gasteiger partial charge in [0.15, 0.2) is 0 Å². The van der Waals surface area contributed by atoms with Crippen molar-refractivity contribution in [3.05, 3.63) is 35.7 Å². The summed E-state index contributed by atoms with van der Waals surface area (Å²) in [5.41, 5.74) is 8.10. The molecule has 0 spiro atoms. The second-order valence-corrected chi connectivity index (χ2v) is 4.31. The lowest BCUT2D eigenvalue weighted by Crippen LogP contribution is -2.23. The molecular weight excluding hydrogens is 214 g/mol. The fourth-order valence-electron chi connectivity index (χ4n) is 1.85. The highest BCUT2D eigenvalue weighted by Gasteiger charge is 2.14. The number of hydrogen-bond donors (Lipinski definition) is 1. The van der Waals surface area contributed by atoms with Gasteiger partial charge in [-0.15, -0.1) is 0 Å². The summed E-state index contributed by atoms with van der Waals surface area (Å²) < 4.78 is 0. The zero-order valence-electron chi connectivity index (χ0n) is 10.2. The van der Waals surface area contributed by atoms with E-state index in [1.807, 2.05) is 25.1 Å². The number of rotatable bonds is 1. The van der Waals surface area contributed by atoms with Gasteiger partial charge >= 0.3 is 0 Å². The number of carbonyl (C=O) groups is 1. The molecule has 4 heteroatoms. The van der Waals surface area contributed by atoms with Gasteiger partial charge in [0.25, 0.3) is 5.91 Å². The molecule has 0 aliphatic carbocycles. The van der Waals surface area contributed by atoms with Crippen molar-refractivity contribution in [1.82, 2.24) is 9.88 Å². The van der Waals surface area contributed by atoms with Crippen LogP contribution in [0, 0.1) is 6.92 Å². The molecule has 0 aliphatic rings. The molecule has 2 rings (SSSR count). The van der Waals surface area contributed by atoms with E-state index in [1.54, 1.807) is 20.3 Å². The first-order valence-electron chi connectivity index (χ1n) is 5.37. The van der Waals surface area contributed by atoms with Gasteiger partial charge in [-0.2, -0.15) is 0 Å². The summed E-state index contributed by atoms with van der Waals surface area (Å²) in [6.45, 7) is 1.95. The van der Waals surface area contributed by atoms with E-state index in [2.05, 4.69) is 4.98 Å². The van der Waals surface area contributed by atoms with Crippen molar-refractivity contribution in [2.24, 2.45) is 0 Å². The van der Waals surface area contributed by atoms with Crippen LogP contribution in [0.15, 0.2) is 24.4 Å². The normalized spacial score (nSPS) is 10.5. The second-order valence-electron chi connectivity index (χ2n) is 4.31. The molecule has 88 valence electrons. The highest BCUT2D eigenvalue weighted by molar-refractivity contribution is 6.08. The third-order valence-electron chi connectivity index (χ3n) is 2.67. The highest BCUT2D eigenvalue weighted by Crippen LogP contribution is 2.25. The van der Waals surface area contributed by atoms with Crippen LogP contribution in [-0.2, 0) is 0 Å². The molecule has 1 aromatic carbocycles. The van der Waals surface area contributed by atoms with E-state index < -0.39 is 0 Å². The van der Waals surface area contributed by atoms with Crippen LogP contribution >= 0.6 is 0 Å². The van der Waals surface area contributed by atoms with Crippen molar-refractivity contribution in [3.8, 4) is 0 Å². The fourth-order valence-corrected chi connectivity index (χ4v) is 1.85. The van der Waals surface area contributed by atoms with Crippen molar-refractivity contribution in [3.63, 3.8) is 0 Å². The molecule has 4 nitrogen and oxygen atoms in total. The van der Waals surface area contributed by atoms with E-state index in [-0.39, 0.29) is 5.91 Å². The van der Waals surface area contributed by atoms with Crippen LogP contribution in [0.25, 0.3) is 10.8 Å². The maximum absolute atomic E-state index is 12.0. The van der Waals surface area contributed by atoms with Gasteiger partial charge in [-0.1, -0.05) is 0 Å². The number of amides is 1. The standard InChI is InChI=1S/C13H15N3O/c1-8-6-10-9(11(14)7-8)4-5-15-12(10)13(17)16(2)3/h4-7H,14H2,1-3H3. The van der Waals surface area contributed by atoms with Gasteiger partial charge in [0.2, 0.25) is 0 Å². The van der Waals surface area contributed by atoms with Crippen molar-refractivity contribution in [2.45, 2.75) is 6.92 Å². The summed E-state index contributed by atoms with van der Waals surface area (Å²) in [5.74, 6) is -0.111. The van der Waals surface area contributed by atoms with E-state index >= 15 is 0 Å². The van der Waals surface area contributed by atoms with E-state index in [0.717, 1.165) is 16.3 Å². The average Bonchev–Trinajstić information content (AvgIpc) is 2.27. The minimum Gasteiger partial charge on any atom is -0.398 e. The van der Waals surface area contributed by atoms with Crippen LogP contribution < -0.4 is 5.73 Å². The Morgan fingerprint density at radius 3 is 2.65 bits per heavy atom. The number of nitrogens with zero attached hydrogens (tertiary/aromatic N) is 2. The Kier molecular flexibility index (Phi) is 2.71. The van der Waals surface area contributed by atoms with Crippen LogP contribution in [0.4, 0.5) is 5.69 Å². The molecule has 0 radical (unpaired) electrons. The molecule has 0 fully saturated rings. The van der Waals surface area contributed by atoms with Gasteiger partial charge in [-0.25, -0.2) is 0 Å². The maximum Gasteiger partial charge on any atom is 0.272 e. The number of nitrogens with two attached hydrogens (primary N) is 1. The maximum atomic E-state index is 12.0. The molecule has 2 N–H and O–H groups in total. The van der Waals surface area contributed by atoms with Crippen LogP contribution in [-0.4, -0.2) is 29.9 Å². The smallest absolute Gasteiger partial charge is 0.272 e. The van der Waals surface area contributed by atoms with Crippen molar-refractivity contribution in [1.29, 1.82) is 0 Å². The molecule has 0 saturated carbocycles. The number of pyridine rings is 1. The third-order valence-corrected chi connectivity index (χ3v) is 2.67. The lowest BCUT2D eigenvalue weighted by molar-refractivity contribution is 0.0824. The van der Waals surface area contributed by atoms with Crippen LogP contribution in [0.2, 0.25) is 0 Å². The summed E-state index contributed by atoms with van der Waals surface area (Å²) in [6, 6.07) is 5.66. The first-order chi connectivity index (χ1) is 8.00. The minimum absolute atomic E-state index is 0.111. The minimum atomic E-state index is -0.111. The number of benzene rings is 1. The van der Waals surface area contributed by atoms with Crippen LogP contribution in [0.5, 0.6) is 0 Å². The number of aromatic nitrogens is 1. The SMILES string of the molecule is Cc1cc(N)c2ccnc(C(=O)N(C)C)c2c1. The second kappa shape index (κ2) is 4.05. The number of carbonyl (C=O) groups excluding carboxylic acids is 1. The first-order valence-corrected chi connectivity index (χ1v) is 5.37. The van der Waals surface area contributed by atoms with Crippen LogP contribution in [0.1, 0.15) is 16.1 Å². The van der Waals surface area contributed by atoms with Crippen molar-refractivity contribution >= 4 is 22.4 Å². The van der Waals surface area contributed by atoms with Gasteiger partial charge < -0.3 is 10.6 Å². The highest BCUT2D eigenvalue weighted by atomic mass is 16.2. The first kappa shape index (κ1) is 11.4. The Morgan fingerprint density at radius 1 is 1.29 bits per heavy atom. The predicted molar refractivity (Wildman–Crippen MR) is 68.9 cm³/mol. The Hall–Kier alpha value is -2.10. The molecule has 0 saturated heterocycles. The Balaban J connectivity index is 2.77. The molecule has 1 amide bonds.